The van der Waals surface area contributed by atoms with Crippen molar-refractivity contribution >= 4 is 41.2 Å². The van der Waals surface area contributed by atoms with Crippen molar-refractivity contribution in [2.24, 2.45) is 0 Å². The average Bonchev–Trinajstić information content (AvgIpc) is 2.70. The molecule has 1 fully saturated rings. The van der Waals surface area contributed by atoms with Gasteiger partial charge in [-0.3, -0.25) is 14.9 Å². The fraction of sp³-hybridized carbons (Fsp3) is 0.227. The highest BCUT2D eigenvalue weighted by molar-refractivity contribution is 6.39. The molecule has 4 amide bonds. The fourth-order valence-corrected chi connectivity index (χ4v) is 3.25. The number of nitrogens with zero attached hydrogens (tertiary/aromatic N) is 1. The Balaban J connectivity index is 1.96. The van der Waals surface area contributed by atoms with E-state index in [2.05, 4.69) is 5.32 Å². The van der Waals surface area contributed by atoms with Crippen LogP contribution in [-0.2, 0) is 16.0 Å². The minimum atomic E-state index is -0.764. The van der Waals surface area contributed by atoms with Gasteiger partial charge < -0.3 is 4.74 Å². The fourth-order valence-electron chi connectivity index (χ4n) is 3.01. The number of anilines is 1. The highest BCUT2D eigenvalue weighted by atomic mass is 35.5. The number of benzene rings is 2. The van der Waals surface area contributed by atoms with Crippen LogP contribution < -0.4 is 15.0 Å². The van der Waals surface area contributed by atoms with Gasteiger partial charge in [-0.05, 0) is 48.2 Å². The van der Waals surface area contributed by atoms with Crippen molar-refractivity contribution in [3.05, 3.63) is 64.2 Å². The molecule has 1 saturated heterocycles. The zero-order valence-electron chi connectivity index (χ0n) is 16.2. The number of imide groups is 2. The first kappa shape index (κ1) is 20.6. The van der Waals surface area contributed by atoms with Crippen molar-refractivity contribution < 1.29 is 19.1 Å². The third-order valence-corrected chi connectivity index (χ3v) is 4.74. The summed E-state index contributed by atoms with van der Waals surface area (Å²) < 4.78 is 5.54. The van der Waals surface area contributed by atoms with Crippen LogP contribution in [-0.4, -0.2) is 24.5 Å². The van der Waals surface area contributed by atoms with Gasteiger partial charge in [0.25, 0.3) is 11.8 Å². The molecule has 2 aromatic rings. The Morgan fingerprint density at radius 3 is 2.55 bits per heavy atom. The summed E-state index contributed by atoms with van der Waals surface area (Å²) in [4.78, 5) is 38.8. The third kappa shape index (κ3) is 4.32. The van der Waals surface area contributed by atoms with E-state index in [9.17, 15) is 14.4 Å². The van der Waals surface area contributed by atoms with Crippen molar-refractivity contribution in [1.29, 1.82) is 0 Å². The van der Waals surface area contributed by atoms with Crippen molar-refractivity contribution in [3.8, 4) is 5.75 Å². The molecule has 29 heavy (non-hydrogen) atoms. The molecule has 1 aliphatic rings. The van der Waals surface area contributed by atoms with Crippen LogP contribution in [0.2, 0.25) is 5.02 Å². The molecule has 2 aromatic carbocycles. The third-order valence-electron chi connectivity index (χ3n) is 4.44. The standard InChI is InChI=1S/C22H21ClN2O4/c1-3-11-29-19-10-9-14(13-17(19)23)12-16-20(26)24-22(28)25(21(16)27)18-8-6-5-7-15(18)4-2/h5-10,12-13H,3-4,11H2,1-2H3,(H,24,26,28)/b16-12-. The minimum Gasteiger partial charge on any atom is -0.492 e. The smallest absolute Gasteiger partial charge is 0.335 e. The monoisotopic (exact) mass is 412 g/mol. The summed E-state index contributed by atoms with van der Waals surface area (Å²) >= 11 is 6.24. The van der Waals surface area contributed by atoms with Crippen LogP contribution in [0.5, 0.6) is 5.75 Å². The number of barbiturate groups is 1. The lowest BCUT2D eigenvalue weighted by atomic mass is 10.0. The number of urea groups is 1. The number of ether oxygens (including phenoxy) is 1. The molecule has 3 rings (SSSR count). The molecule has 1 heterocycles. The number of carbonyl (C=O) groups excluding carboxylic acids is 3. The SMILES string of the molecule is CCCOc1ccc(/C=C2/C(=O)NC(=O)N(c3ccccc3CC)C2=O)cc1Cl. The highest BCUT2D eigenvalue weighted by Gasteiger charge is 2.37. The first-order valence-electron chi connectivity index (χ1n) is 9.38. The summed E-state index contributed by atoms with van der Waals surface area (Å²) in [5, 5.41) is 2.61. The largest absolute Gasteiger partial charge is 0.492 e. The number of hydrogen-bond donors (Lipinski definition) is 1. The van der Waals surface area contributed by atoms with Crippen LogP contribution in [0.25, 0.3) is 6.08 Å². The Kier molecular flexibility index (Phi) is 6.34. The zero-order valence-corrected chi connectivity index (χ0v) is 17.0. The Hall–Kier alpha value is -3.12. The van der Waals surface area contributed by atoms with E-state index in [0.29, 0.717) is 35.1 Å². The first-order chi connectivity index (χ1) is 14.0. The summed E-state index contributed by atoms with van der Waals surface area (Å²) in [6.07, 6.45) is 2.90. The Labute approximate surface area is 174 Å². The molecule has 0 radical (unpaired) electrons. The van der Waals surface area contributed by atoms with Crippen molar-refractivity contribution in [3.63, 3.8) is 0 Å². The van der Waals surface area contributed by atoms with Gasteiger partial charge >= 0.3 is 6.03 Å². The molecular weight excluding hydrogens is 392 g/mol. The Bertz CT molecular complexity index is 1000. The van der Waals surface area contributed by atoms with E-state index in [-0.39, 0.29) is 5.57 Å². The average molecular weight is 413 g/mol. The normalized spacial score (nSPS) is 15.6. The second-order valence-electron chi connectivity index (χ2n) is 6.48. The molecule has 7 heteroatoms. The quantitative estimate of drug-likeness (QED) is 0.565. The lowest BCUT2D eigenvalue weighted by Crippen LogP contribution is -2.54. The molecule has 1 aliphatic heterocycles. The first-order valence-corrected chi connectivity index (χ1v) is 9.75. The molecule has 0 unspecified atom stereocenters. The van der Waals surface area contributed by atoms with Crippen LogP contribution in [0.4, 0.5) is 10.5 Å². The Morgan fingerprint density at radius 1 is 1.10 bits per heavy atom. The number of aryl methyl sites for hydroxylation is 1. The highest BCUT2D eigenvalue weighted by Crippen LogP contribution is 2.29. The van der Waals surface area contributed by atoms with Crippen LogP contribution in [0.3, 0.4) is 0 Å². The molecule has 1 N–H and O–H groups in total. The molecular formula is C22H21ClN2O4. The van der Waals surface area contributed by atoms with Gasteiger partial charge in [0.2, 0.25) is 0 Å². The van der Waals surface area contributed by atoms with Crippen LogP contribution in [0, 0.1) is 0 Å². The molecule has 0 aliphatic carbocycles. The summed E-state index contributed by atoms with van der Waals surface area (Å²) in [6.45, 7) is 4.45. The predicted octanol–water partition coefficient (Wildman–Crippen LogP) is 4.36. The summed E-state index contributed by atoms with van der Waals surface area (Å²) in [5.74, 6) is -0.890. The van der Waals surface area contributed by atoms with Gasteiger partial charge in [-0.25, -0.2) is 9.69 Å². The van der Waals surface area contributed by atoms with Gasteiger partial charge in [-0.15, -0.1) is 0 Å². The van der Waals surface area contributed by atoms with E-state index in [4.69, 9.17) is 16.3 Å². The number of halogens is 1. The number of rotatable bonds is 6. The van der Waals surface area contributed by atoms with E-state index in [1.807, 2.05) is 26.0 Å². The molecule has 0 atom stereocenters. The van der Waals surface area contributed by atoms with Gasteiger partial charge in [-0.1, -0.05) is 49.7 Å². The summed E-state index contributed by atoms with van der Waals surface area (Å²) in [7, 11) is 0. The molecule has 0 saturated carbocycles. The van der Waals surface area contributed by atoms with Gasteiger partial charge in [0.05, 0.1) is 17.3 Å². The van der Waals surface area contributed by atoms with Gasteiger partial charge in [-0.2, -0.15) is 0 Å². The number of para-hydroxylation sites is 1. The van der Waals surface area contributed by atoms with Crippen LogP contribution in [0.15, 0.2) is 48.0 Å². The van der Waals surface area contributed by atoms with Crippen molar-refractivity contribution in [2.45, 2.75) is 26.7 Å². The summed E-state index contributed by atoms with van der Waals surface area (Å²) in [6, 6.07) is 11.3. The predicted molar refractivity (Wildman–Crippen MR) is 112 cm³/mol. The number of amides is 4. The molecule has 150 valence electrons. The van der Waals surface area contributed by atoms with E-state index in [0.717, 1.165) is 16.9 Å². The number of carbonyl (C=O) groups is 3. The van der Waals surface area contributed by atoms with Gasteiger partial charge in [0, 0.05) is 0 Å². The van der Waals surface area contributed by atoms with E-state index < -0.39 is 17.8 Å². The second kappa shape index (κ2) is 8.92. The van der Waals surface area contributed by atoms with Gasteiger partial charge in [0.15, 0.2) is 0 Å². The number of hydrogen-bond acceptors (Lipinski definition) is 4. The van der Waals surface area contributed by atoms with Crippen molar-refractivity contribution in [2.75, 3.05) is 11.5 Å². The maximum Gasteiger partial charge on any atom is 0.335 e. The van der Waals surface area contributed by atoms with E-state index in [1.54, 1.807) is 30.3 Å². The summed E-state index contributed by atoms with van der Waals surface area (Å²) in [5.41, 5.74) is 1.69. The molecule has 0 spiro atoms. The molecule has 0 bridgehead atoms. The lowest BCUT2D eigenvalue weighted by Gasteiger charge is -2.28. The maximum atomic E-state index is 13.0. The van der Waals surface area contributed by atoms with Gasteiger partial charge in [0.1, 0.15) is 11.3 Å². The minimum absolute atomic E-state index is 0.145. The topological polar surface area (TPSA) is 75.7 Å². The number of nitrogens with one attached hydrogen (secondary N) is 1. The Morgan fingerprint density at radius 2 is 1.86 bits per heavy atom. The molecule has 6 nitrogen and oxygen atoms in total. The van der Waals surface area contributed by atoms with Crippen molar-refractivity contribution in [1.82, 2.24) is 5.32 Å². The second-order valence-corrected chi connectivity index (χ2v) is 6.89. The van der Waals surface area contributed by atoms with E-state index in [1.165, 1.54) is 6.08 Å². The lowest BCUT2D eigenvalue weighted by molar-refractivity contribution is -0.122. The molecule has 0 aromatic heterocycles. The van der Waals surface area contributed by atoms with E-state index >= 15 is 0 Å². The maximum absolute atomic E-state index is 13.0. The van der Waals surface area contributed by atoms with Crippen LogP contribution >= 0.6 is 11.6 Å². The zero-order chi connectivity index (χ0) is 21.0. The van der Waals surface area contributed by atoms with Crippen LogP contribution in [0.1, 0.15) is 31.4 Å².